The fourth-order valence-corrected chi connectivity index (χ4v) is 3.00. The average Bonchev–Trinajstić information content (AvgIpc) is 3.08. The Morgan fingerprint density at radius 2 is 1.78 bits per heavy atom. The number of hydrogen-bond donors (Lipinski definition) is 3. The number of aromatic amines is 1. The first-order chi connectivity index (χ1) is 12.6. The molecule has 4 rings (SSSR count). The fourth-order valence-electron chi connectivity index (χ4n) is 2.49. The molecule has 0 fully saturated rings. The van der Waals surface area contributed by atoms with Crippen molar-refractivity contribution in [3.63, 3.8) is 0 Å². The van der Waals surface area contributed by atoms with Gasteiger partial charge < -0.3 is 14.5 Å². The smallest absolute Gasteiger partial charge is 0.395 e. The molecule has 1 aliphatic heterocycles. The summed E-state index contributed by atoms with van der Waals surface area (Å²) in [5, 5.41) is 7.48. The molecule has 0 radical (unpaired) electrons. The van der Waals surface area contributed by atoms with E-state index in [2.05, 4.69) is 24.8 Å². The number of amides is 1. The molecule has 0 atom stereocenters. The first kappa shape index (κ1) is 17.2. The van der Waals surface area contributed by atoms with Crippen LogP contribution in [0.5, 0.6) is 11.5 Å². The van der Waals surface area contributed by atoms with E-state index >= 15 is 0 Å². The number of rotatable bonds is 3. The largest absolute Gasteiger partial charge is 0.586 e. The second-order valence-corrected chi connectivity index (χ2v) is 7.15. The molecule has 2 aromatic carbocycles. The number of aromatic nitrogens is 2. The number of alkyl halides is 2. The van der Waals surface area contributed by atoms with Crippen molar-refractivity contribution in [3.8, 4) is 11.5 Å². The van der Waals surface area contributed by atoms with Crippen LogP contribution in [-0.4, -0.2) is 30.6 Å². The Morgan fingerprint density at radius 3 is 2.41 bits per heavy atom. The van der Waals surface area contributed by atoms with Gasteiger partial charge in [0.25, 0.3) is 5.91 Å². The topological polar surface area (TPSA) is 136 Å². The Hall–Kier alpha value is -3.25. The minimum Gasteiger partial charge on any atom is -0.395 e. The van der Waals surface area contributed by atoms with Gasteiger partial charge in [-0.15, -0.1) is 8.78 Å². The molecule has 1 amide bonds. The molecule has 9 nitrogen and oxygen atoms in total. The Balaban J connectivity index is 1.56. The average molecular weight is 396 g/mol. The van der Waals surface area contributed by atoms with E-state index in [1.165, 1.54) is 36.4 Å². The fraction of sp³-hybridized carbons (Fsp3) is 0.0667. The molecular weight excluding hydrogens is 386 g/mol. The Labute approximate surface area is 150 Å². The maximum atomic E-state index is 13.1. The summed E-state index contributed by atoms with van der Waals surface area (Å²) in [4.78, 5) is 18.9. The standard InChI is InChI=1S/C15H10F2N4O5S/c16-15(17)25-11-5-9-10(6-12(11)26-15)20-14(19-9)21-13(22)7-1-3-8(4-2-7)27(18,23)24/h1-6H,(H2,18,23,24)(H2,19,20,21,22). The van der Waals surface area contributed by atoms with Crippen LogP contribution in [0.3, 0.4) is 0 Å². The van der Waals surface area contributed by atoms with Crippen LogP contribution in [0.4, 0.5) is 14.7 Å². The quantitative estimate of drug-likeness (QED) is 0.617. The van der Waals surface area contributed by atoms with Crippen LogP contribution < -0.4 is 19.9 Å². The van der Waals surface area contributed by atoms with Crippen molar-refractivity contribution in [2.45, 2.75) is 11.2 Å². The summed E-state index contributed by atoms with van der Waals surface area (Å²) in [6.45, 7) is 0. The van der Waals surface area contributed by atoms with Crippen LogP contribution in [0.25, 0.3) is 11.0 Å². The maximum absolute atomic E-state index is 13.1. The van der Waals surface area contributed by atoms with E-state index in [0.29, 0.717) is 5.52 Å². The van der Waals surface area contributed by atoms with Crippen molar-refractivity contribution < 1.29 is 31.5 Å². The van der Waals surface area contributed by atoms with Crippen molar-refractivity contribution in [3.05, 3.63) is 42.0 Å². The first-order valence-electron chi connectivity index (χ1n) is 7.35. The van der Waals surface area contributed by atoms with Gasteiger partial charge in [0.15, 0.2) is 11.5 Å². The van der Waals surface area contributed by atoms with Gasteiger partial charge in [-0.3, -0.25) is 10.1 Å². The first-order valence-corrected chi connectivity index (χ1v) is 8.89. The van der Waals surface area contributed by atoms with E-state index in [-0.39, 0.29) is 33.4 Å². The Kier molecular flexibility index (Phi) is 3.58. The minimum absolute atomic E-state index is 0.0564. The lowest BCUT2D eigenvalue weighted by Crippen LogP contribution is -2.25. The number of sulfonamides is 1. The van der Waals surface area contributed by atoms with Gasteiger partial charge in [-0.05, 0) is 24.3 Å². The summed E-state index contributed by atoms with van der Waals surface area (Å²) in [7, 11) is -3.86. The number of halogens is 2. The van der Waals surface area contributed by atoms with E-state index in [9.17, 15) is 22.0 Å². The number of carbonyl (C=O) groups is 1. The highest BCUT2D eigenvalue weighted by atomic mass is 32.2. The van der Waals surface area contributed by atoms with Gasteiger partial charge in [-0.2, -0.15) is 0 Å². The van der Waals surface area contributed by atoms with Crippen LogP contribution in [0.1, 0.15) is 10.4 Å². The lowest BCUT2D eigenvalue weighted by Gasteiger charge is -2.04. The molecule has 0 bridgehead atoms. The number of carbonyl (C=O) groups excluding carboxylic acids is 1. The predicted octanol–water partition coefficient (Wildman–Crippen LogP) is 1.78. The van der Waals surface area contributed by atoms with Crippen molar-refractivity contribution in [2.24, 2.45) is 5.14 Å². The molecule has 4 N–H and O–H groups in total. The van der Waals surface area contributed by atoms with E-state index in [1.54, 1.807) is 0 Å². The summed E-state index contributed by atoms with van der Waals surface area (Å²) >= 11 is 0. The molecule has 1 aromatic heterocycles. The number of anilines is 1. The zero-order chi connectivity index (χ0) is 19.4. The molecule has 0 saturated carbocycles. The van der Waals surface area contributed by atoms with Gasteiger partial charge >= 0.3 is 6.29 Å². The Morgan fingerprint density at radius 1 is 1.15 bits per heavy atom. The van der Waals surface area contributed by atoms with Gasteiger partial charge in [0, 0.05) is 17.7 Å². The van der Waals surface area contributed by atoms with Gasteiger partial charge in [0.2, 0.25) is 16.0 Å². The minimum atomic E-state index is -3.86. The lowest BCUT2D eigenvalue weighted by atomic mass is 10.2. The van der Waals surface area contributed by atoms with Gasteiger partial charge in [-0.1, -0.05) is 0 Å². The van der Waals surface area contributed by atoms with Gasteiger partial charge in [0.1, 0.15) is 0 Å². The number of nitrogens with zero attached hydrogens (tertiary/aromatic N) is 1. The van der Waals surface area contributed by atoms with Crippen LogP contribution in [0.15, 0.2) is 41.3 Å². The highest BCUT2D eigenvalue weighted by Gasteiger charge is 2.43. The highest BCUT2D eigenvalue weighted by Crippen LogP contribution is 2.42. The monoisotopic (exact) mass is 396 g/mol. The molecule has 140 valence electrons. The zero-order valence-corrected chi connectivity index (χ0v) is 14.0. The van der Waals surface area contributed by atoms with Crippen molar-refractivity contribution in [1.29, 1.82) is 0 Å². The number of imidazole rings is 1. The lowest BCUT2D eigenvalue weighted by molar-refractivity contribution is -0.286. The van der Waals surface area contributed by atoms with E-state index in [0.717, 1.165) is 0 Å². The molecule has 3 aromatic rings. The predicted molar refractivity (Wildman–Crippen MR) is 88.1 cm³/mol. The highest BCUT2D eigenvalue weighted by molar-refractivity contribution is 7.89. The molecular formula is C15H10F2N4O5S. The van der Waals surface area contributed by atoms with Crippen LogP contribution in [0, 0.1) is 0 Å². The van der Waals surface area contributed by atoms with Crippen molar-refractivity contribution in [1.82, 2.24) is 9.97 Å². The summed E-state index contributed by atoms with van der Waals surface area (Å²) < 4.78 is 57.3. The van der Waals surface area contributed by atoms with Crippen LogP contribution in [0.2, 0.25) is 0 Å². The van der Waals surface area contributed by atoms with Crippen LogP contribution in [-0.2, 0) is 10.0 Å². The third-order valence-corrected chi connectivity index (χ3v) is 4.61. The van der Waals surface area contributed by atoms with Gasteiger partial charge in [0.05, 0.1) is 15.9 Å². The second kappa shape index (κ2) is 5.62. The number of hydrogen-bond acceptors (Lipinski definition) is 6. The third-order valence-electron chi connectivity index (χ3n) is 3.68. The molecule has 1 aliphatic rings. The van der Waals surface area contributed by atoms with Gasteiger partial charge in [-0.25, -0.2) is 18.5 Å². The summed E-state index contributed by atoms with van der Waals surface area (Å²) in [6.07, 6.45) is -3.73. The molecule has 2 heterocycles. The number of fused-ring (bicyclic) bond motifs is 2. The third kappa shape index (κ3) is 3.27. The molecule has 27 heavy (non-hydrogen) atoms. The number of primary sulfonamides is 1. The van der Waals surface area contributed by atoms with Crippen molar-refractivity contribution in [2.75, 3.05) is 5.32 Å². The molecule has 0 spiro atoms. The number of H-pyrrole nitrogens is 1. The molecule has 12 heteroatoms. The second-order valence-electron chi connectivity index (χ2n) is 5.59. The van der Waals surface area contributed by atoms with Crippen molar-refractivity contribution >= 4 is 32.9 Å². The zero-order valence-electron chi connectivity index (χ0n) is 13.2. The normalized spacial score (nSPS) is 15.1. The van der Waals surface area contributed by atoms with E-state index < -0.39 is 22.2 Å². The molecule has 0 unspecified atom stereocenters. The SMILES string of the molecule is NS(=O)(=O)c1ccc(C(=O)Nc2nc3cc4c(cc3[nH]2)OC(F)(F)O4)cc1. The number of benzene rings is 2. The molecule has 0 saturated heterocycles. The Bertz CT molecular complexity index is 1130. The van der Waals surface area contributed by atoms with E-state index in [1.807, 2.05) is 0 Å². The maximum Gasteiger partial charge on any atom is 0.586 e. The summed E-state index contributed by atoms with van der Waals surface area (Å²) in [6, 6.07) is 7.49. The van der Waals surface area contributed by atoms with Crippen LogP contribution >= 0.6 is 0 Å². The van der Waals surface area contributed by atoms with E-state index in [4.69, 9.17) is 5.14 Å². The summed E-state index contributed by atoms with van der Waals surface area (Å²) in [5.74, 6) is -0.842. The molecule has 0 aliphatic carbocycles. The number of ether oxygens (including phenoxy) is 2. The summed E-state index contributed by atoms with van der Waals surface area (Å²) in [5.41, 5.74) is 0.779. The number of nitrogens with one attached hydrogen (secondary N) is 2. The number of nitrogens with two attached hydrogens (primary N) is 1.